The number of carbonyl (C=O) groups excluding carboxylic acids is 2. The van der Waals surface area contributed by atoms with Crippen molar-refractivity contribution in [1.29, 1.82) is 0 Å². The first-order valence-corrected chi connectivity index (χ1v) is 11.0. The maximum Gasteiger partial charge on any atom is 0.270 e. The van der Waals surface area contributed by atoms with Crippen LogP contribution in [0.5, 0.6) is 0 Å². The summed E-state index contributed by atoms with van der Waals surface area (Å²) in [6.07, 6.45) is 5.58. The van der Waals surface area contributed by atoms with Crippen LogP contribution in [0.15, 0.2) is 66.5 Å². The number of para-hydroxylation sites is 1. The minimum Gasteiger partial charge on any atom is -0.347 e. The SMILES string of the molecule is CCCN(CCC)C(=O)C(=Cc1cn(CC)c2ccccc12)NC(=O)c1ccccc1. The van der Waals surface area contributed by atoms with Crippen LogP contribution in [0.2, 0.25) is 0 Å². The van der Waals surface area contributed by atoms with Gasteiger partial charge in [0, 0.05) is 47.9 Å². The third-order valence-corrected chi connectivity index (χ3v) is 5.25. The van der Waals surface area contributed by atoms with E-state index in [4.69, 9.17) is 0 Å². The molecular formula is C26H31N3O2. The average molecular weight is 418 g/mol. The zero-order chi connectivity index (χ0) is 22.2. The Kier molecular flexibility index (Phi) is 7.65. The molecule has 162 valence electrons. The molecule has 31 heavy (non-hydrogen) atoms. The minimum atomic E-state index is -0.285. The minimum absolute atomic E-state index is 0.152. The van der Waals surface area contributed by atoms with Crippen molar-refractivity contribution >= 4 is 28.8 Å². The van der Waals surface area contributed by atoms with Crippen LogP contribution in [0.1, 0.15) is 49.5 Å². The van der Waals surface area contributed by atoms with Gasteiger partial charge in [0.1, 0.15) is 5.70 Å². The molecule has 0 unspecified atom stereocenters. The first-order chi connectivity index (χ1) is 15.1. The Morgan fingerprint density at radius 2 is 1.58 bits per heavy atom. The highest BCUT2D eigenvalue weighted by Crippen LogP contribution is 2.24. The van der Waals surface area contributed by atoms with Crippen molar-refractivity contribution in [2.45, 2.75) is 40.2 Å². The molecule has 0 spiro atoms. The van der Waals surface area contributed by atoms with Crippen LogP contribution >= 0.6 is 0 Å². The lowest BCUT2D eigenvalue weighted by Gasteiger charge is -2.23. The van der Waals surface area contributed by atoms with E-state index in [2.05, 4.69) is 36.7 Å². The standard InChI is InChI=1S/C26H31N3O2/c1-4-16-29(17-5-2)26(31)23(27-25(30)20-12-8-7-9-13-20)18-21-19-28(6-3)24-15-11-10-14-22(21)24/h7-15,18-19H,4-6,16-17H2,1-3H3,(H,27,30). The molecule has 5 heteroatoms. The molecule has 0 saturated heterocycles. The monoisotopic (exact) mass is 417 g/mol. The molecule has 2 amide bonds. The van der Waals surface area contributed by atoms with Gasteiger partial charge in [0.25, 0.3) is 11.8 Å². The Hall–Kier alpha value is -3.34. The lowest BCUT2D eigenvalue weighted by molar-refractivity contribution is -0.127. The second kappa shape index (κ2) is 10.6. The van der Waals surface area contributed by atoms with E-state index in [0.717, 1.165) is 35.9 Å². The lowest BCUT2D eigenvalue weighted by atomic mass is 10.1. The van der Waals surface area contributed by atoms with Gasteiger partial charge in [-0.1, -0.05) is 50.2 Å². The number of fused-ring (bicyclic) bond motifs is 1. The highest BCUT2D eigenvalue weighted by atomic mass is 16.2. The highest BCUT2D eigenvalue weighted by Gasteiger charge is 2.21. The third kappa shape index (κ3) is 5.23. The molecule has 0 aliphatic heterocycles. The van der Waals surface area contributed by atoms with E-state index in [1.807, 2.05) is 53.6 Å². The summed E-state index contributed by atoms with van der Waals surface area (Å²) in [6, 6.07) is 17.1. The van der Waals surface area contributed by atoms with Crippen molar-refractivity contribution in [3.05, 3.63) is 77.6 Å². The second-order valence-electron chi connectivity index (χ2n) is 7.56. The highest BCUT2D eigenvalue weighted by molar-refractivity contribution is 6.06. The van der Waals surface area contributed by atoms with Gasteiger partial charge in [0.2, 0.25) is 0 Å². The molecule has 0 aliphatic rings. The fraction of sp³-hybridized carbons (Fsp3) is 0.308. The Labute approximate surface area is 184 Å². The Morgan fingerprint density at radius 3 is 2.23 bits per heavy atom. The molecule has 5 nitrogen and oxygen atoms in total. The lowest BCUT2D eigenvalue weighted by Crippen LogP contribution is -2.39. The molecule has 2 aromatic carbocycles. The van der Waals surface area contributed by atoms with Crippen LogP contribution in [0, 0.1) is 0 Å². The number of hydrogen-bond donors (Lipinski definition) is 1. The third-order valence-electron chi connectivity index (χ3n) is 5.25. The first kappa shape index (κ1) is 22.3. The number of benzene rings is 2. The van der Waals surface area contributed by atoms with Gasteiger partial charge in [-0.2, -0.15) is 0 Å². The average Bonchev–Trinajstić information content (AvgIpc) is 3.16. The van der Waals surface area contributed by atoms with Crippen LogP contribution in [0.3, 0.4) is 0 Å². The van der Waals surface area contributed by atoms with Gasteiger partial charge in [-0.05, 0) is 44.0 Å². The van der Waals surface area contributed by atoms with Gasteiger partial charge in [-0.25, -0.2) is 0 Å². The Morgan fingerprint density at radius 1 is 0.935 bits per heavy atom. The quantitative estimate of drug-likeness (QED) is 0.494. The smallest absolute Gasteiger partial charge is 0.270 e. The summed E-state index contributed by atoms with van der Waals surface area (Å²) in [7, 11) is 0. The molecule has 1 aromatic heterocycles. The normalized spacial score (nSPS) is 11.5. The fourth-order valence-corrected chi connectivity index (χ4v) is 3.77. The Balaban J connectivity index is 2.05. The van der Waals surface area contributed by atoms with Crippen LogP contribution in [-0.2, 0) is 11.3 Å². The van der Waals surface area contributed by atoms with Crippen molar-refractivity contribution < 1.29 is 9.59 Å². The second-order valence-corrected chi connectivity index (χ2v) is 7.56. The van der Waals surface area contributed by atoms with E-state index >= 15 is 0 Å². The van der Waals surface area contributed by atoms with Gasteiger partial charge in [0.05, 0.1) is 0 Å². The van der Waals surface area contributed by atoms with Crippen molar-refractivity contribution in [1.82, 2.24) is 14.8 Å². The number of amides is 2. The topological polar surface area (TPSA) is 54.3 Å². The van der Waals surface area contributed by atoms with E-state index in [0.29, 0.717) is 24.4 Å². The summed E-state index contributed by atoms with van der Waals surface area (Å²) < 4.78 is 2.15. The molecule has 1 heterocycles. The van der Waals surface area contributed by atoms with E-state index in [1.54, 1.807) is 12.1 Å². The van der Waals surface area contributed by atoms with E-state index in [1.165, 1.54) is 0 Å². The number of aryl methyl sites for hydroxylation is 1. The van der Waals surface area contributed by atoms with E-state index in [9.17, 15) is 9.59 Å². The number of hydrogen-bond acceptors (Lipinski definition) is 2. The van der Waals surface area contributed by atoms with Gasteiger partial charge in [-0.3, -0.25) is 9.59 Å². The number of aromatic nitrogens is 1. The van der Waals surface area contributed by atoms with Gasteiger partial charge >= 0.3 is 0 Å². The van der Waals surface area contributed by atoms with Crippen LogP contribution in [-0.4, -0.2) is 34.4 Å². The summed E-state index contributed by atoms with van der Waals surface area (Å²) in [5, 5.41) is 3.95. The summed E-state index contributed by atoms with van der Waals surface area (Å²) in [5.41, 5.74) is 2.85. The van der Waals surface area contributed by atoms with Gasteiger partial charge in [-0.15, -0.1) is 0 Å². The molecule has 0 radical (unpaired) electrons. The molecular weight excluding hydrogens is 386 g/mol. The zero-order valence-electron chi connectivity index (χ0n) is 18.6. The van der Waals surface area contributed by atoms with E-state index in [-0.39, 0.29) is 11.8 Å². The summed E-state index contributed by atoms with van der Waals surface area (Å²) in [6.45, 7) is 8.33. The fourth-order valence-electron chi connectivity index (χ4n) is 3.77. The largest absolute Gasteiger partial charge is 0.347 e. The summed E-state index contributed by atoms with van der Waals surface area (Å²) in [5.74, 6) is -0.436. The molecule has 1 N–H and O–H groups in total. The number of carbonyl (C=O) groups is 2. The first-order valence-electron chi connectivity index (χ1n) is 11.0. The molecule has 0 bridgehead atoms. The van der Waals surface area contributed by atoms with Crippen molar-refractivity contribution in [2.75, 3.05) is 13.1 Å². The van der Waals surface area contributed by atoms with Crippen LogP contribution in [0.25, 0.3) is 17.0 Å². The molecule has 0 saturated carbocycles. The molecule has 0 fully saturated rings. The zero-order valence-corrected chi connectivity index (χ0v) is 18.6. The maximum atomic E-state index is 13.4. The number of nitrogens with zero attached hydrogens (tertiary/aromatic N) is 2. The molecule has 3 rings (SSSR count). The molecule has 3 aromatic rings. The Bertz CT molecular complexity index is 1060. The number of nitrogens with one attached hydrogen (secondary N) is 1. The van der Waals surface area contributed by atoms with Crippen LogP contribution in [0.4, 0.5) is 0 Å². The van der Waals surface area contributed by atoms with Gasteiger partial charge in [0.15, 0.2) is 0 Å². The number of rotatable bonds is 9. The maximum absolute atomic E-state index is 13.4. The predicted octanol–water partition coefficient (Wildman–Crippen LogP) is 5.08. The molecule has 0 atom stereocenters. The summed E-state index contributed by atoms with van der Waals surface area (Å²) >= 11 is 0. The van der Waals surface area contributed by atoms with Crippen molar-refractivity contribution in [2.24, 2.45) is 0 Å². The van der Waals surface area contributed by atoms with E-state index < -0.39 is 0 Å². The molecule has 0 aliphatic carbocycles. The van der Waals surface area contributed by atoms with Crippen LogP contribution < -0.4 is 5.32 Å². The van der Waals surface area contributed by atoms with Gasteiger partial charge < -0.3 is 14.8 Å². The van der Waals surface area contributed by atoms with Crippen molar-refractivity contribution in [3.8, 4) is 0 Å². The predicted molar refractivity (Wildman–Crippen MR) is 127 cm³/mol. The van der Waals surface area contributed by atoms with Crippen molar-refractivity contribution in [3.63, 3.8) is 0 Å². The summed E-state index contributed by atoms with van der Waals surface area (Å²) in [4.78, 5) is 28.1.